The summed E-state index contributed by atoms with van der Waals surface area (Å²) in [6, 6.07) is 86.1. The van der Waals surface area contributed by atoms with Crippen LogP contribution in [0.1, 0.15) is 0 Å². The highest BCUT2D eigenvalue weighted by molar-refractivity contribution is 6.27. The van der Waals surface area contributed by atoms with Crippen LogP contribution in [-0.4, -0.2) is 0 Å². The predicted molar refractivity (Wildman–Crippen MR) is 252 cm³/mol. The molecule has 0 aliphatic rings. The summed E-state index contributed by atoms with van der Waals surface area (Å²) in [6.07, 6.45) is 0. The lowest BCUT2D eigenvalue weighted by atomic mass is 9.87. The Morgan fingerprint density at radius 3 is 1.08 bits per heavy atom. The molecule has 0 saturated carbocycles. The molecule has 11 aromatic carbocycles. The number of nitrogens with zero attached hydrogens (tertiary/aromatic N) is 1. The molecule has 0 aliphatic carbocycles. The van der Waals surface area contributed by atoms with Crippen molar-refractivity contribution < 1.29 is 0 Å². The lowest BCUT2D eigenvalue weighted by molar-refractivity contribution is 1.28. The highest BCUT2D eigenvalue weighted by Crippen LogP contribution is 2.45. The lowest BCUT2D eigenvalue weighted by Gasteiger charge is -2.29. The van der Waals surface area contributed by atoms with Crippen molar-refractivity contribution in [3.63, 3.8) is 0 Å². The minimum absolute atomic E-state index is 1.09. The zero-order valence-corrected chi connectivity index (χ0v) is 32.5. The Kier molecular flexibility index (Phi) is 8.56. The number of anilines is 3. The van der Waals surface area contributed by atoms with Gasteiger partial charge in [-0.2, -0.15) is 0 Å². The fourth-order valence-electron chi connectivity index (χ4n) is 8.96. The Bertz CT molecular complexity index is 3210. The van der Waals surface area contributed by atoms with Crippen molar-refractivity contribution in [3.8, 4) is 55.6 Å². The summed E-state index contributed by atoms with van der Waals surface area (Å²) in [6.45, 7) is 0. The summed E-state index contributed by atoms with van der Waals surface area (Å²) in [5.74, 6) is 0. The molecule has 0 aliphatic heterocycles. The van der Waals surface area contributed by atoms with E-state index in [0.29, 0.717) is 0 Å². The van der Waals surface area contributed by atoms with Gasteiger partial charge in [-0.3, -0.25) is 0 Å². The van der Waals surface area contributed by atoms with Crippen molar-refractivity contribution in [1.29, 1.82) is 0 Å². The standard InChI is InChI=1S/C58H39N/c1-5-13-40(14-6-1)42-21-30-49(31-22-42)59(56-38-29-48(41-15-7-2-8-16-41)39-55(56)44-19-11-4-12-20-44)50-32-23-45(24-33-50)52-35-26-47-27-36-53-51(43-17-9-3-10-18-43)34-25-46-28-37-54(52)58(47)57(46)53/h1-39H. The van der Waals surface area contributed by atoms with Gasteiger partial charge in [0.15, 0.2) is 0 Å². The highest BCUT2D eigenvalue weighted by atomic mass is 15.1. The maximum absolute atomic E-state index is 2.41. The van der Waals surface area contributed by atoms with Crippen LogP contribution in [0.2, 0.25) is 0 Å². The van der Waals surface area contributed by atoms with Gasteiger partial charge in [0.2, 0.25) is 0 Å². The number of hydrogen-bond donors (Lipinski definition) is 0. The van der Waals surface area contributed by atoms with Crippen molar-refractivity contribution in [2.75, 3.05) is 4.90 Å². The van der Waals surface area contributed by atoms with Gasteiger partial charge in [-0.1, -0.05) is 200 Å². The Labute approximate surface area is 345 Å². The molecule has 0 unspecified atom stereocenters. The van der Waals surface area contributed by atoms with E-state index in [4.69, 9.17) is 0 Å². The maximum Gasteiger partial charge on any atom is 0.0540 e. The number of hydrogen-bond acceptors (Lipinski definition) is 1. The van der Waals surface area contributed by atoms with Crippen molar-refractivity contribution in [3.05, 3.63) is 237 Å². The monoisotopic (exact) mass is 749 g/mol. The van der Waals surface area contributed by atoms with Crippen molar-refractivity contribution in [2.45, 2.75) is 0 Å². The van der Waals surface area contributed by atoms with Gasteiger partial charge in [-0.25, -0.2) is 0 Å². The summed E-state index contributed by atoms with van der Waals surface area (Å²) < 4.78 is 0. The molecule has 0 N–H and O–H groups in total. The second kappa shape index (κ2) is 14.6. The van der Waals surface area contributed by atoms with Crippen LogP contribution in [0.4, 0.5) is 17.1 Å². The second-order valence-electron chi connectivity index (χ2n) is 15.3. The SMILES string of the molecule is c1ccc(-c2ccc(N(c3ccc(-c4ccc5ccc6c(-c7ccccc7)ccc7ccc4c5c76)cc3)c3ccc(-c4ccccc4)cc3-c3ccccc3)cc2)cc1. The average Bonchev–Trinajstić information content (AvgIpc) is 3.32. The van der Waals surface area contributed by atoms with E-state index >= 15 is 0 Å². The van der Waals surface area contributed by atoms with Gasteiger partial charge < -0.3 is 4.90 Å². The molecule has 0 bridgehead atoms. The van der Waals surface area contributed by atoms with Gasteiger partial charge in [0.1, 0.15) is 0 Å². The van der Waals surface area contributed by atoms with E-state index < -0.39 is 0 Å². The number of benzene rings is 11. The zero-order valence-electron chi connectivity index (χ0n) is 32.5. The van der Waals surface area contributed by atoms with Crippen molar-refractivity contribution in [2.24, 2.45) is 0 Å². The largest absolute Gasteiger partial charge is 0.310 e. The first kappa shape index (κ1) is 34.5. The minimum atomic E-state index is 1.09. The van der Waals surface area contributed by atoms with Gasteiger partial charge in [0, 0.05) is 16.9 Å². The average molecular weight is 750 g/mol. The van der Waals surface area contributed by atoms with Gasteiger partial charge in [0.05, 0.1) is 5.69 Å². The number of rotatable bonds is 8. The molecule has 0 saturated heterocycles. The van der Waals surface area contributed by atoms with Crippen molar-refractivity contribution in [1.82, 2.24) is 0 Å². The first-order valence-corrected chi connectivity index (χ1v) is 20.3. The summed E-state index contributed by atoms with van der Waals surface area (Å²) in [4.78, 5) is 2.41. The molecule has 0 heterocycles. The fourth-order valence-corrected chi connectivity index (χ4v) is 8.96. The van der Waals surface area contributed by atoms with Crippen LogP contribution < -0.4 is 4.90 Å². The third-order valence-corrected chi connectivity index (χ3v) is 11.8. The highest BCUT2D eigenvalue weighted by Gasteiger charge is 2.20. The van der Waals surface area contributed by atoms with E-state index in [1.807, 2.05) is 0 Å². The van der Waals surface area contributed by atoms with Gasteiger partial charge in [-0.15, -0.1) is 0 Å². The van der Waals surface area contributed by atoms with Crippen LogP contribution in [0.5, 0.6) is 0 Å². The molecule has 0 fully saturated rings. The quantitative estimate of drug-likeness (QED) is 0.140. The molecule has 0 amide bonds. The Morgan fingerprint density at radius 1 is 0.237 bits per heavy atom. The molecule has 11 aromatic rings. The summed E-state index contributed by atoms with van der Waals surface area (Å²) in [7, 11) is 0. The molecular weight excluding hydrogens is 711 g/mol. The van der Waals surface area contributed by atoms with Crippen LogP contribution >= 0.6 is 0 Å². The molecule has 1 heteroatoms. The molecule has 0 atom stereocenters. The molecule has 1 nitrogen and oxygen atoms in total. The van der Waals surface area contributed by atoms with E-state index in [-0.39, 0.29) is 0 Å². The minimum Gasteiger partial charge on any atom is -0.310 e. The van der Waals surface area contributed by atoms with Crippen LogP contribution in [0.3, 0.4) is 0 Å². The van der Waals surface area contributed by atoms with Crippen LogP contribution in [0.15, 0.2) is 237 Å². The second-order valence-corrected chi connectivity index (χ2v) is 15.3. The van der Waals surface area contributed by atoms with E-state index in [1.54, 1.807) is 0 Å². The summed E-state index contributed by atoms with van der Waals surface area (Å²) in [5, 5.41) is 7.76. The van der Waals surface area contributed by atoms with E-state index in [2.05, 4.69) is 241 Å². The normalized spacial score (nSPS) is 11.4. The third kappa shape index (κ3) is 6.21. The first-order chi connectivity index (χ1) is 29.3. The topological polar surface area (TPSA) is 3.24 Å². The first-order valence-electron chi connectivity index (χ1n) is 20.3. The Balaban J connectivity index is 1.06. The van der Waals surface area contributed by atoms with Crippen LogP contribution in [0, 0.1) is 0 Å². The van der Waals surface area contributed by atoms with Gasteiger partial charge in [-0.05, 0) is 119 Å². The maximum atomic E-state index is 2.41. The van der Waals surface area contributed by atoms with Crippen molar-refractivity contribution >= 4 is 49.4 Å². The Morgan fingerprint density at radius 2 is 0.593 bits per heavy atom. The molecule has 0 aromatic heterocycles. The van der Waals surface area contributed by atoms with Crippen LogP contribution in [-0.2, 0) is 0 Å². The summed E-state index contributed by atoms with van der Waals surface area (Å²) >= 11 is 0. The molecule has 0 spiro atoms. The zero-order chi connectivity index (χ0) is 39.1. The molecule has 0 radical (unpaired) electrons. The molecule has 11 rings (SSSR count). The smallest absolute Gasteiger partial charge is 0.0540 e. The molecule has 59 heavy (non-hydrogen) atoms. The van der Waals surface area contributed by atoms with Crippen LogP contribution in [0.25, 0.3) is 88.0 Å². The summed E-state index contributed by atoms with van der Waals surface area (Å²) in [5.41, 5.74) is 15.4. The van der Waals surface area contributed by atoms with E-state index in [0.717, 1.165) is 17.1 Å². The third-order valence-electron chi connectivity index (χ3n) is 11.8. The predicted octanol–water partition coefficient (Wildman–Crippen LogP) is 16.4. The van der Waals surface area contributed by atoms with Gasteiger partial charge >= 0.3 is 0 Å². The van der Waals surface area contributed by atoms with Gasteiger partial charge in [0.25, 0.3) is 0 Å². The fraction of sp³-hybridized carbons (Fsp3) is 0. The molecule has 276 valence electrons. The van der Waals surface area contributed by atoms with E-state index in [1.165, 1.54) is 88.0 Å². The lowest BCUT2D eigenvalue weighted by Crippen LogP contribution is -2.11. The molecular formula is C58H39N. The van der Waals surface area contributed by atoms with E-state index in [9.17, 15) is 0 Å². The Hall–Kier alpha value is -7.74.